The van der Waals surface area contributed by atoms with E-state index >= 15 is 0 Å². The van der Waals surface area contributed by atoms with Gasteiger partial charge >= 0.3 is 0 Å². The lowest BCUT2D eigenvalue weighted by Gasteiger charge is -2.06. The largest absolute Gasteiger partial charge is 0.292 e. The Morgan fingerprint density at radius 2 is 2.25 bits per heavy atom. The first-order valence-electron chi connectivity index (χ1n) is 5.99. The second kappa shape index (κ2) is 3.69. The van der Waals surface area contributed by atoms with E-state index in [2.05, 4.69) is 21.0 Å². The first-order chi connectivity index (χ1) is 7.74. The van der Waals surface area contributed by atoms with Gasteiger partial charge in [-0.3, -0.25) is 9.48 Å². The summed E-state index contributed by atoms with van der Waals surface area (Å²) in [7, 11) is 0. The molecule has 2 fully saturated rings. The van der Waals surface area contributed by atoms with E-state index < -0.39 is 0 Å². The number of aryl methyl sites for hydroxylation is 1. The predicted octanol–water partition coefficient (Wildman–Crippen LogP) is 2.89. The molecule has 2 aliphatic carbocycles. The summed E-state index contributed by atoms with van der Waals surface area (Å²) in [6, 6.07) is 0. The molecule has 0 N–H and O–H groups in total. The molecule has 2 saturated carbocycles. The lowest BCUT2D eigenvalue weighted by Crippen LogP contribution is -2.14. The van der Waals surface area contributed by atoms with Gasteiger partial charge < -0.3 is 0 Å². The number of hydrogen-bond donors (Lipinski definition) is 0. The molecule has 2 atom stereocenters. The number of hydrogen-bond acceptors (Lipinski definition) is 2. The Labute approximate surface area is 103 Å². The highest BCUT2D eigenvalue weighted by Gasteiger charge is 2.57. The van der Waals surface area contributed by atoms with Gasteiger partial charge in [0.15, 0.2) is 5.78 Å². The molecule has 0 aromatic carbocycles. The van der Waals surface area contributed by atoms with Crippen molar-refractivity contribution in [1.82, 2.24) is 9.78 Å². The SMILES string of the molecule is CCn1ncc(Br)c1C(=O)C1C2CCCC21. The normalized spacial score (nSPS) is 31.5. The third-order valence-electron chi connectivity index (χ3n) is 4.04. The first kappa shape index (κ1) is 10.5. The fourth-order valence-corrected chi connectivity index (χ4v) is 3.71. The number of carbonyl (C=O) groups is 1. The van der Waals surface area contributed by atoms with Crippen LogP contribution in [-0.2, 0) is 6.54 Å². The molecule has 4 heteroatoms. The van der Waals surface area contributed by atoms with E-state index in [0.29, 0.717) is 23.5 Å². The molecule has 0 spiro atoms. The predicted molar refractivity (Wildman–Crippen MR) is 64.3 cm³/mol. The molecule has 0 bridgehead atoms. The fraction of sp³-hybridized carbons (Fsp3) is 0.667. The maximum atomic E-state index is 12.4. The number of ketones is 1. The number of fused-ring (bicyclic) bond motifs is 1. The number of halogens is 1. The molecule has 1 heterocycles. The summed E-state index contributed by atoms with van der Waals surface area (Å²) in [5.74, 6) is 1.96. The Morgan fingerprint density at radius 3 is 2.88 bits per heavy atom. The van der Waals surface area contributed by atoms with E-state index in [0.717, 1.165) is 16.7 Å². The van der Waals surface area contributed by atoms with Crippen LogP contribution in [0.3, 0.4) is 0 Å². The van der Waals surface area contributed by atoms with E-state index in [1.807, 2.05) is 6.92 Å². The van der Waals surface area contributed by atoms with Gasteiger partial charge in [0.1, 0.15) is 5.69 Å². The first-order valence-corrected chi connectivity index (χ1v) is 6.79. The highest BCUT2D eigenvalue weighted by atomic mass is 79.9. The molecule has 3 rings (SSSR count). The summed E-state index contributed by atoms with van der Waals surface area (Å²) in [5.41, 5.74) is 0.780. The third kappa shape index (κ3) is 1.39. The average molecular weight is 283 g/mol. The Balaban J connectivity index is 1.87. The van der Waals surface area contributed by atoms with Crippen molar-refractivity contribution >= 4 is 21.7 Å². The van der Waals surface area contributed by atoms with Crippen LogP contribution in [0, 0.1) is 17.8 Å². The minimum Gasteiger partial charge on any atom is -0.292 e. The van der Waals surface area contributed by atoms with Crippen molar-refractivity contribution in [3.05, 3.63) is 16.4 Å². The van der Waals surface area contributed by atoms with Crippen molar-refractivity contribution < 1.29 is 4.79 Å². The van der Waals surface area contributed by atoms with Crippen molar-refractivity contribution in [3.8, 4) is 0 Å². The van der Waals surface area contributed by atoms with E-state index in [9.17, 15) is 4.79 Å². The summed E-state index contributed by atoms with van der Waals surface area (Å²) in [5, 5.41) is 4.21. The van der Waals surface area contributed by atoms with Gasteiger partial charge in [-0.15, -0.1) is 0 Å². The number of aromatic nitrogens is 2. The molecule has 0 saturated heterocycles. The van der Waals surface area contributed by atoms with E-state index in [1.165, 1.54) is 19.3 Å². The number of Topliss-reactive ketones (excluding diaryl/α,β-unsaturated/α-hetero) is 1. The van der Waals surface area contributed by atoms with Crippen LogP contribution in [0.4, 0.5) is 0 Å². The van der Waals surface area contributed by atoms with Gasteiger partial charge in [-0.05, 0) is 47.5 Å². The van der Waals surface area contributed by atoms with Crippen LogP contribution in [-0.4, -0.2) is 15.6 Å². The molecule has 0 amide bonds. The van der Waals surface area contributed by atoms with Crippen molar-refractivity contribution in [2.75, 3.05) is 0 Å². The molecular weight excluding hydrogens is 268 g/mol. The van der Waals surface area contributed by atoms with Crippen LogP contribution in [0.15, 0.2) is 10.7 Å². The smallest absolute Gasteiger partial charge is 0.185 e. The Hall–Kier alpha value is -0.640. The van der Waals surface area contributed by atoms with Gasteiger partial charge in [0.2, 0.25) is 0 Å². The minimum atomic E-state index is 0.298. The standard InChI is InChI=1S/C12H15BrN2O/c1-2-15-11(9(13)6-14-15)12(16)10-7-4-3-5-8(7)10/h6-8,10H,2-5H2,1H3. The molecule has 1 aromatic heterocycles. The van der Waals surface area contributed by atoms with Crippen molar-refractivity contribution in [3.63, 3.8) is 0 Å². The summed E-state index contributed by atoms with van der Waals surface area (Å²) in [4.78, 5) is 12.4. The number of carbonyl (C=O) groups excluding carboxylic acids is 1. The molecule has 3 nitrogen and oxygen atoms in total. The Bertz CT molecular complexity index is 430. The summed E-state index contributed by atoms with van der Waals surface area (Å²) < 4.78 is 2.66. The quantitative estimate of drug-likeness (QED) is 0.799. The second-order valence-corrected chi connectivity index (χ2v) is 5.66. The van der Waals surface area contributed by atoms with Crippen LogP contribution < -0.4 is 0 Å². The molecule has 16 heavy (non-hydrogen) atoms. The number of rotatable bonds is 3. The topological polar surface area (TPSA) is 34.9 Å². The second-order valence-electron chi connectivity index (χ2n) is 4.81. The monoisotopic (exact) mass is 282 g/mol. The van der Waals surface area contributed by atoms with E-state index in [4.69, 9.17) is 0 Å². The van der Waals surface area contributed by atoms with E-state index in [1.54, 1.807) is 10.9 Å². The average Bonchev–Trinajstić information content (AvgIpc) is 2.66. The molecule has 86 valence electrons. The lowest BCUT2D eigenvalue weighted by atomic mass is 10.1. The fourth-order valence-electron chi connectivity index (χ4n) is 3.22. The lowest BCUT2D eigenvalue weighted by molar-refractivity contribution is 0.0940. The van der Waals surface area contributed by atoms with Crippen molar-refractivity contribution in [1.29, 1.82) is 0 Å². The van der Waals surface area contributed by atoms with E-state index in [-0.39, 0.29) is 0 Å². The molecular formula is C12H15BrN2O. The van der Waals surface area contributed by atoms with Gasteiger partial charge in [0, 0.05) is 12.5 Å². The van der Waals surface area contributed by atoms with Gasteiger partial charge in [-0.2, -0.15) is 5.10 Å². The van der Waals surface area contributed by atoms with Gasteiger partial charge in [-0.25, -0.2) is 0 Å². The summed E-state index contributed by atoms with van der Waals surface area (Å²) in [6.07, 6.45) is 5.54. The summed E-state index contributed by atoms with van der Waals surface area (Å²) >= 11 is 3.43. The van der Waals surface area contributed by atoms with Crippen LogP contribution in [0.1, 0.15) is 36.7 Å². The molecule has 2 unspecified atom stereocenters. The van der Waals surface area contributed by atoms with Crippen LogP contribution in [0.2, 0.25) is 0 Å². The van der Waals surface area contributed by atoms with Gasteiger partial charge in [-0.1, -0.05) is 6.42 Å². The maximum Gasteiger partial charge on any atom is 0.185 e. The molecule has 1 aromatic rings. The molecule has 2 aliphatic rings. The zero-order chi connectivity index (χ0) is 11.3. The highest BCUT2D eigenvalue weighted by Crippen LogP contribution is 2.58. The highest BCUT2D eigenvalue weighted by molar-refractivity contribution is 9.10. The van der Waals surface area contributed by atoms with Crippen molar-refractivity contribution in [2.24, 2.45) is 17.8 Å². The maximum absolute atomic E-state index is 12.4. The molecule has 0 aliphatic heterocycles. The zero-order valence-electron chi connectivity index (χ0n) is 9.32. The Morgan fingerprint density at radius 1 is 1.56 bits per heavy atom. The van der Waals surface area contributed by atoms with Crippen LogP contribution in [0.5, 0.6) is 0 Å². The van der Waals surface area contributed by atoms with Gasteiger partial charge in [0.05, 0.1) is 10.7 Å². The van der Waals surface area contributed by atoms with Gasteiger partial charge in [0.25, 0.3) is 0 Å². The van der Waals surface area contributed by atoms with Crippen LogP contribution >= 0.6 is 15.9 Å². The Kier molecular flexibility index (Phi) is 2.42. The third-order valence-corrected chi connectivity index (χ3v) is 4.62. The van der Waals surface area contributed by atoms with Crippen molar-refractivity contribution in [2.45, 2.75) is 32.7 Å². The number of nitrogens with zero attached hydrogens (tertiary/aromatic N) is 2. The molecule has 0 radical (unpaired) electrons. The minimum absolute atomic E-state index is 0.298. The summed E-state index contributed by atoms with van der Waals surface area (Å²) in [6.45, 7) is 2.78. The zero-order valence-corrected chi connectivity index (χ0v) is 10.9. The van der Waals surface area contributed by atoms with Crippen LogP contribution in [0.25, 0.3) is 0 Å².